The smallest absolute Gasteiger partial charge is 0.416 e. The van der Waals surface area contributed by atoms with Crippen molar-refractivity contribution in [3.8, 4) is 17.3 Å². The van der Waals surface area contributed by atoms with Gasteiger partial charge in [-0.2, -0.15) is 13.2 Å². The highest BCUT2D eigenvalue weighted by molar-refractivity contribution is 6.33. The molecule has 2 aromatic heterocycles. The van der Waals surface area contributed by atoms with Gasteiger partial charge in [0.2, 0.25) is 17.7 Å². The molecule has 2 heterocycles. The van der Waals surface area contributed by atoms with E-state index in [4.69, 9.17) is 26.5 Å². The number of methoxy groups -OCH3 is 1. The fourth-order valence-electron chi connectivity index (χ4n) is 3.01. The molecule has 0 atom stereocenters. The van der Waals surface area contributed by atoms with E-state index >= 15 is 0 Å². The van der Waals surface area contributed by atoms with Gasteiger partial charge in [-0.25, -0.2) is 9.97 Å². The number of carbonyl (C=O) groups excluding carboxylic acids is 1. The number of benzene rings is 1. The number of fused-ring (bicyclic) bond motifs is 1. The van der Waals surface area contributed by atoms with E-state index in [1.54, 1.807) is 19.4 Å². The lowest BCUT2D eigenvalue weighted by atomic mass is 10.0. The molecule has 0 saturated carbocycles. The quantitative estimate of drug-likeness (QED) is 0.597. The fourth-order valence-corrected chi connectivity index (χ4v) is 3.20. The van der Waals surface area contributed by atoms with Crippen molar-refractivity contribution in [2.24, 2.45) is 5.73 Å². The van der Waals surface area contributed by atoms with Crippen LogP contribution in [0.4, 0.5) is 13.2 Å². The van der Waals surface area contributed by atoms with Gasteiger partial charge < -0.3 is 14.9 Å². The molecule has 1 aromatic carbocycles. The van der Waals surface area contributed by atoms with Crippen molar-refractivity contribution in [1.29, 1.82) is 0 Å². The van der Waals surface area contributed by atoms with Crippen molar-refractivity contribution in [2.75, 3.05) is 7.11 Å². The zero-order valence-corrected chi connectivity index (χ0v) is 17.3. The second-order valence-electron chi connectivity index (χ2n) is 6.75. The number of hydrogen-bond acceptors (Lipinski definition) is 5. The molecule has 1 aliphatic carbocycles. The number of carbonyl (C=O) groups is 1. The van der Waals surface area contributed by atoms with Crippen molar-refractivity contribution in [2.45, 2.75) is 31.9 Å². The molecule has 0 fully saturated rings. The summed E-state index contributed by atoms with van der Waals surface area (Å²) in [4.78, 5) is 19.1. The summed E-state index contributed by atoms with van der Waals surface area (Å²) < 4.78 is 47.1. The van der Waals surface area contributed by atoms with E-state index in [1.165, 1.54) is 12.5 Å². The second kappa shape index (κ2) is 9.38. The number of ether oxygens (including phenoxy) is 1. The van der Waals surface area contributed by atoms with Gasteiger partial charge in [0.05, 0.1) is 35.2 Å². The first-order valence-electron chi connectivity index (χ1n) is 9.34. The fraction of sp³-hybridized carbons (Fsp3) is 0.286. The summed E-state index contributed by atoms with van der Waals surface area (Å²) in [6, 6.07) is 5.73. The summed E-state index contributed by atoms with van der Waals surface area (Å²) in [5.41, 5.74) is 5.60. The Balaban J connectivity index is 0.000000187. The van der Waals surface area contributed by atoms with Crippen molar-refractivity contribution in [3.63, 3.8) is 0 Å². The Morgan fingerprint density at radius 1 is 1.23 bits per heavy atom. The summed E-state index contributed by atoms with van der Waals surface area (Å²) in [6.45, 7) is 0. The van der Waals surface area contributed by atoms with Crippen LogP contribution in [0, 0.1) is 0 Å². The minimum atomic E-state index is -4.44. The number of amides is 1. The van der Waals surface area contributed by atoms with Gasteiger partial charge in [-0.05, 0) is 37.5 Å². The molecule has 0 radical (unpaired) electrons. The molecule has 0 aliphatic heterocycles. The molecule has 4 rings (SSSR count). The second-order valence-corrected chi connectivity index (χ2v) is 7.15. The number of aryl methyl sites for hydroxylation is 2. The predicted molar refractivity (Wildman–Crippen MR) is 108 cm³/mol. The number of rotatable bonds is 3. The molecule has 0 unspecified atom stereocenters. The van der Waals surface area contributed by atoms with Gasteiger partial charge in [0, 0.05) is 18.1 Å². The number of hydrogen-bond donors (Lipinski definition) is 1. The van der Waals surface area contributed by atoms with Crippen LogP contribution < -0.4 is 10.5 Å². The molecule has 2 N–H and O–H groups in total. The molecule has 31 heavy (non-hydrogen) atoms. The monoisotopic (exact) mass is 453 g/mol. The molecule has 6 nitrogen and oxygen atoms in total. The first-order chi connectivity index (χ1) is 14.7. The van der Waals surface area contributed by atoms with Crippen LogP contribution in [0.1, 0.15) is 40.2 Å². The largest absolute Gasteiger partial charge is 0.481 e. The molecule has 0 saturated heterocycles. The number of nitrogens with zero attached hydrogens (tertiary/aromatic N) is 2. The molecule has 10 heteroatoms. The zero-order chi connectivity index (χ0) is 22.6. The Kier molecular flexibility index (Phi) is 6.84. The molecular weight excluding hydrogens is 435 g/mol. The van der Waals surface area contributed by atoms with Crippen LogP contribution in [0.2, 0.25) is 5.02 Å². The first-order valence-corrected chi connectivity index (χ1v) is 9.72. The van der Waals surface area contributed by atoms with Gasteiger partial charge >= 0.3 is 6.18 Å². The van der Waals surface area contributed by atoms with E-state index in [-0.39, 0.29) is 5.56 Å². The van der Waals surface area contributed by atoms with E-state index in [0.29, 0.717) is 16.8 Å². The minimum absolute atomic E-state index is 0.144. The van der Waals surface area contributed by atoms with Gasteiger partial charge in [-0.1, -0.05) is 17.7 Å². The highest BCUT2D eigenvalue weighted by atomic mass is 35.5. The first kappa shape index (κ1) is 22.6. The van der Waals surface area contributed by atoms with Gasteiger partial charge in [-0.3, -0.25) is 4.79 Å². The minimum Gasteiger partial charge on any atom is -0.481 e. The molecule has 0 bridgehead atoms. The average Bonchev–Trinajstić information content (AvgIpc) is 3.18. The molecular formula is C21H19ClF3N3O3. The van der Waals surface area contributed by atoms with Crippen LogP contribution in [-0.2, 0) is 19.0 Å². The van der Waals surface area contributed by atoms with Crippen LogP contribution in [0.3, 0.4) is 0 Å². The third-order valence-electron chi connectivity index (χ3n) is 4.59. The number of primary amides is 1. The van der Waals surface area contributed by atoms with E-state index in [9.17, 15) is 18.0 Å². The SMILES string of the molecule is COc1cc(-c2nc3c(o2)CCCC3)c(Cl)cn1.NC(=O)c1cccc(C(F)(F)F)c1. The van der Waals surface area contributed by atoms with Gasteiger partial charge in [0.15, 0.2) is 0 Å². The van der Waals surface area contributed by atoms with Crippen molar-refractivity contribution >= 4 is 17.5 Å². The summed E-state index contributed by atoms with van der Waals surface area (Å²) in [7, 11) is 1.57. The molecule has 3 aromatic rings. The average molecular weight is 454 g/mol. The zero-order valence-electron chi connectivity index (χ0n) is 16.5. The van der Waals surface area contributed by atoms with Crippen molar-refractivity contribution in [3.05, 3.63) is 64.1 Å². The third-order valence-corrected chi connectivity index (χ3v) is 4.89. The normalized spacial score (nSPS) is 13.1. The van der Waals surface area contributed by atoms with Crippen LogP contribution >= 0.6 is 11.6 Å². The number of pyridine rings is 1. The third kappa shape index (κ3) is 5.55. The van der Waals surface area contributed by atoms with Gasteiger partial charge in [0.25, 0.3) is 0 Å². The Morgan fingerprint density at radius 2 is 1.97 bits per heavy atom. The Bertz CT molecular complexity index is 1060. The summed E-state index contributed by atoms with van der Waals surface area (Å²) in [6.07, 6.45) is 1.40. The predicted octanol–water partition coefficient (Wildman–Crippen LogP) is 5.08. The molecule has 0 spiro atoms. The molecule has 164 valence electrons. The van der Waals surface area contributed by atoms with Crippen molar-refractivity contribution < 1.29 is 27.1 Å². The van der Waals surface area contributed by atoms with E-state index in [2.05, 4.69) is 9.97 Å². The maximum Gasteiger partial charge on any atom is 0.416 e. The lowest BCUT2D eigenvalue weighted by molar-refractivity contribution is -0.137. The number of halogens is 4. The highest BCUT2D eigenvalue weighted by Gasteiger charge is 2.30. The summed E-state index contributed by atoms with van der Waals surface area (Å²) >= 11 is 6.13. The van der Waals surface area contributed by atoms with Crippen molar-refractivity contribution in [1.82, 2.24) is 9.97 Å². The van der Waals surface area contributed by atoms with Gasteiger partial charge in [-0.15, -0.1) is 0 Å². The Hall–Kier alpha value is -3.07. The lowest BCUT2D eigenvalue weighted by Gasteiger charge is -2.06. The topological polar surface area (TPSA) is 91.2 Å². The van der Waals surface area contributed by atoms with E-state index in [1.807, 2.05) is 0 Å². The maximum atomic E-state index is 12.1. The standard InChI is InChI=1S/C13H13ClN2O2.C8H6F3NO/c1-17-12-6-8(9(14)7-15-12)13-16-10-4-2-3-5-11(10)18-13;9-8(10,11)6-3-1-2-5(4-6)7(12)13/h6-7H,2-5H2,1H3;1-4H,(H2,12,13). The number of oxazole rings is 1. The van der Waals surface area contributed by atoms with Gasteiger partial charge in [0.1, 0.15) is 5.76 Å². The summed E-state index contributed by atoms with van der Waals surface area (Å²) in [5, 5.41) is 0.523. The Morgan fingerprint density at radius 3 is 2.61 bits per heavy atom. The van der Waals surface area contributed by atoms with E-state index in [0.717, 1.165) is 54.5 Å². The molecule has 1 aliphatic rings. The van der Waals surface area contributed by atoms with Crippen LogP contribution in [-0.4, -0.2) is 23.0 Å². The van der Waals surface area contributed by atoms with Crippen LogP contribution in [0.25, 0.3) is 11.5 Å². The van der Waals surface area contributed by atoms with E-state index < -0.39 is 17.6 Å². The highest BCUT2D eigenvalue weighted by Crippen LogP contribution is 2.33. The lowest BCUT2D eigenvalue weighted by Crippen LogP contribution is -2.13. The molecule has 1 amide bonds. The van der Waals surface area contributed by atoms with Crippen LogP contribution in [0.15, 0.2) is 40.9 Å². The maximum absolute atomic E-state index is 12.1. The number of alkyl halides is 3. The Labute approximate surface area is 181 Å². The summed E-state index contributed by atoms with van der Waals surface area (Å²) in [5.74, 6) is 1.19. The number of aromatic nitrogens is 2. The number of nitrogens with two attached hydrogens (primary N) is 1. The van der Waals surface area contributed by atoms with Crippen LogP contribution in [0.5, 0.6) is 5.88 Å².